The maximum Gasteiger partial charge on any atom is 0.317 e. The van der Waals surface area contributed by atoms with Gasteiger partial charge in [0.1, 0.15) is 18.2 Å². The van der Waals surface area contributed by atoms with Crippen LogP contribution in [0.3, 0.4) is 0 Å². The normalized spacial score (nSPS) is 15.2. The molecule has 1 aliphatic heterocycles. The van der Waals surface area contributed by atoms with Crippen LogP contribution in [-0.4, -0.2) is 48.8 Å². The molecule has 1 aliphatic rings. The van der Waals surface area contributed by atoms with Gasteiger partial charge in [0.15, 0.2) is 0 Å². The molecule has 0 saturated carbocycles. The molecule has 0 aliphatic carbocycles. The van der Waals surface area contributed by atoms with Gasteiger partial charge in [-0.2, -0.15) is 0 Å². The highest BCUT2D eigenvalue weighted by Crippen LogP contribution is 2.36. The molecule has 1 atom stereocenters. The van der Waals surface area contributed by atoms with Gasteiger partial charge in [-0.05, 0) is 54.7 Å². The third-order valence-electron chi connectivity index (χ3n) is 6.10. The number of rotatable bonds is 8. The third kappa shape index (κ3) is 5.85. The second-order valence-electron chi connectivity index (χ2n) is 8.44. The first-order valence-electron chi connectivity index (χ1n) is 11.7. The lowest BCUT2D eigenvalue weighted by Crippen LogP contribution is -2.44. The Hall–Kier alpha value is -3.32. The number of pyridine rings is 1. The van der Waals surface area contributed by atoms with Gasteiger partial charge in [-0.25, -0.2) is 14.2 Å². The summed E-state index contributed by atoms with van der Waals surface area (Å²) < 4.78 is 26.8. The van der Waals surface area contributed by atoms with Gasteiger partial charge < -0.3 is 19.7 Å². The zero-order valence-corrected chi connectivity index (χ0v) is 20.6. The molecule has 2 heterocycles. The summed E-state index contributed by atoms with van der Waals surface area (Å²) in [5.74, 6) is 0.578. The Balaban J connectivity index is 1.44. The second kappa shape index (κ2) is 11.4. The molecule has 0 unspecified atom stereocenters. The number of nitrogens with zero attached hydrogens (tertiary/aromatic N) is 2. The summed E-state index contributed by atoms with van der Waals surface area (Å²) in [6.07, 6.45) is 3.92. The summed E-state index contributed by atoms with van der Waals surface area (Å²) in [7, 11) is 1.52. The lowest BCUT2D eigenvalue weighted by molar-refractivity contribution is 0.164. The predicted molar refractivity (Wildman–Crippen MR) is 135 cm³/mol. The van der Waals surface area contributed by atoms with Crippen LogP contribution in [0.1, 0.15) is 30.9 Å². The molecule has 2 amide bonds. The Kier molecular flexibility index (Phi) is 8.08. The van der Waals surface area contributed by atoms with Crippen molar-refractivity contribution in [2.45, 2.75) is 32.2 Å². The number of ether oxygens (including phenoxy) is 2. The fraction of sp³-hybridized carbons (Fsp3) is 0.333. The van der Waals surface area contributed by atoms with Crippen LogP contribution in [0.15, 0.2) is 54.7 Å². The summed E-state index contributed by atoms with van der Waals surface area (Å²) in [6.45, 7) is 3.62. The lowest BCUT2D eigenvalue weighted by Gasteiger charge is -2.24. The molecule has 0 bridgehead atoms. The number of hydrogen-bond acceptors (Lipinski definition) is 4. The van der Waals surface area contributed by atoms with E-state index in [9.17, 15) is 4.79 Å². The van der Waals surface area contributed by atoms with Crippen LogP contribution in [0.2, 0.25) is 5.02 Å². The van der Waals surface area contributed by atoms with Gasteiger partial charge in [0.05, 0.1) is 18.7 Å². The van der Waals surface area contributed by atoms with Crippen LogP contribution >= 0.6 is 11.6 Å². The number of nitrogens with one attached hydrogen (secondary N) is 1. The van der Waals surface area contributed by atoms with Crippen molar-refractivity contribution in [1.82, 2.24) is 15.2 Å². The summed E-state index contributed by atoms with van der Waals surface area (Å²) in [4.78, 5) is 18.4. The van der Waals surface area contributed by atoms with E-state index in [0.29, 0.717) is 52.9 Å². The van der Waals surface area contributed by atoms with Crippen LogP contribution in [-0.2, 0) is 6.42 Å². The maximum atomic E-state index is 15.5. The summed E-state index contributed by atoms with van der Waals surface area (Å²) in [6, 6.07) is 14.2. The third-order valence-corrected chi connectivity index (χ3v) is 6.33. The number of carbonyl (C=O) groups excluding carboxylic acids is 1. The van der Waals surface area contributed by atoms with Crippen LogP contribution in [0.5, 0.6) is 11.6 Å². The van der Waals surface area contributed by atoms with Gasteiger partial charge in [0.2, 0.25) is 5.88 Å². The van der Waals surface area contributed by atoms with Crippen molar-refractivity contribution in [3.8, 4) is 22.8 Å². The molecule has 1 fully saturated rings. The van der Waals surface area contributed by atoms with Crippen molar-refractivity contribution in [3.05, 3.63) is 76.7 Å². The Labute approximate surface area is 210 Å². The minimum Gasteiger partial charge on any atom is -0.496 e. The topological polar surface area (TPSA) is 63.7 Å². The van der Waals surface area contributed by atoms with E-state index in [1.807, 2.05) is 24.0 Å². The molecule has 6 nitrogen and oxygen atoms in total. The highest BCUT2D eigenvalue weighted by molar-refractivity contribution is 6.30. The van der Waals surface area contributed by atoms with E-state index in [4.69, 9.17) is 21.1 Å². The predicted octanol–water partition coefficient (Wildman–Crippen LogP) is 5.71. The maximum absolute atomic E-state index is 15.5. The number of urea groups is 1. The number of aromatic nitrogens is 1. The molecule has 184 valence electrons. The number of amides is 2. The van der Waals surface area contributed by atoms with Gasteiger partial charge in [0.25, 0.3) is 0 Å². The first-order chi connectivity index (χ1) is 17.0. The Morgan fingerprint density at radius 2 is 2.11 bits per heavy atom. The Bertz CT molecular complexity index is 1170. The van der Waals surface area contributed by atoms with Gasteiger partial charge in [-0.3, -0.25) is 0 Å². The van der Waals surface area contributed by atoms with E-state index in [0.717, 1.165) is 24.9 Å². The largest absolute Gasteiger partial charge is 0.496 e. The van der Waals surface area contributed by atoms with Crippen molar-refractivity contribution in [1.29, 1.82) is 0 Å². The fourth-order valence-corrected chi connectivity index (χ4v) is 4.54. The van der Waals surface area contributed by atoms with Crippen LogP contribution in [0.25, 0.3) is 11.1 Å². The summed E-state index contributed by atoms with van der Waals surface area (Å²) in [5.41, 5.74) is 2.42. The van der Waals surface area contributed by atoms with Crippen LogP contribution in [0.4, 0.5) is 9.18 Å². The average molecular weight is 498 g/mol. The molecule has 35 heavy (non-hydrogen) atoms. The highest BCUT2D eigenvalue weighted by Gasteiger charge is 2.29. The standard InChI is InChI=1S/C27H29ClFN3O3/c1-3-30-27(33)32-13-5-8-22(32)17-35-24-12-9-18(16-31-24)14-20-10-11-23(34-2)25(26(20)29)19-6-4-7-21(28)15-19/h4,6-7,9-12,15-16,22H,3,5,8,13-14,17H2,1-2H3,(H,30,33)/t22-/m1/s1. The van der Waals surface area contributed by atoms with Gasteiger partial charge >= 0.3 is 6.03 Å². The van der Waals surface area contributed by atoms with Crippen molar-refractivity contribution >= 4 is 17.6 Å². The van der Waals surface area contributed by atoms with Gasteiger partial charge in [-0.15, -0.1) is 0 Å². The summed E-state index contributed by atoms with van der Waals surface area (Å²) in [5, 5.41) is 3.37. The molecule has 2 aromatic carbocycles. The SMILES string of the molecule is CCNC(=O)N1CCC[C@@H]1COc1ccc(Cc2ccc(OC)c(-c3cccc(Cl)c3)c2F)cn1. The van der Waals surface area contributed by atoms with E-state index >= 15 is 4.39 Å². The molecule has 0 radical (unpaired) electrons. The summed E-state index contributed by atoms with van der Waals surface area (Å²) >= 11 is 6.13. The quantitative estimate of drug-likeness (QED) is 0.432. The molecular formula is C27H29ClFN3O3. The molecule has 3 aromatic rings. The fourth-order valence-electron chi connectivity index (χ4n) is 4.35. The minimum absolute atomic E-state index is 0.0290. The molecular weight excluding hydrogens is 469 g/mol. The van der Waals surface area contributed by atoms with Crippen molar-refractivity contribution in [2.75, 3.05) is 26.8 Å². The average Bonchev–Trinajstić information content (AvgIpc) is 3.33. The van der Waals surface area contributed by atoms with E-state index < -0.39 is 0 Å². The molecule has 1 N–H and O–H groups in total. The Morgan fingerprint density at radius 1 is 1.26 bits per heavy atom. The first-order valence-corrected chi connectivity index (χ1v) is 12.1. The zero-order valence-electron chi connectivity index (χ0n) is 19.9. The van der Waals surface area contributed by atoms with Crippen molar-refractivity contribution in [3.63, 3.8) is 0 Å². The number of carbonyl (C=O) groups is 1. The smallest absolute Gasteiger partial charge is 0.317 e. The molecule has 0 spiro atoms. The zero-order chi connectivity index (χ0) is 24.8. The van der Waals surface area contributed by atoms with E-state index in [2.05, 4.69) is 10.3 Å². The minimum atomic E-state index is -0.348. The van der Waals surface area contributed by atoms with Gasteiger partial charge in [0, 0.05) is 36.8 Å². The van der Waals surface area contributed by atoms with Crippen LogP contribution in [0, 0.1) is 5.82 Å². The molecule has 1 saturated heterocycles. The number of methoxy groups -OCH3 is 1. The molecule has 4 rings (SSSR count). The Morgan fingerprint density at radius 3 is 2.83 bits per heavy atom. The van der Waals surface area contributed by atoms with Crippen LogP contribution < -0.4 is 14.8 Å². The number of hydrogen-bond donors (Lipinski definition) is 1. The van der Waals surface area contributed by atoms with E-state index in [1.54, 1.807) is 42.6 Å². The van der Waals surface area contributed by atoms with Crippen molar-refractivity contribution < 1.29 is 18.7 Å². The molecule has 8 heteroatoms. The van der Waals surface area contributed by atoms with E-state index in [-0.39, 0.29) is 17.9 Å². The molecule has 1 aromatic heterocycles. The number of likely N-dealkylation sites (tertiary alicyclic amines) is 1. The highest BCUT2D eigenvalue weighted by atomic mass is 35.5. The van der Waals surface area contributed by atoms with Gasteiger partial charge in [-0.1, -0.05) is 35.9 Å². The van der Waals surface area contributed by atoms with Crippen molar-refractivity contribution in [2.24, 2.45) is 0 Å². The second-order valence-corrected chi connectivity index (χ2v) is 8.88. The monoisotopic (exact) mass is 497 g/mol. The van der Waals surface area contributed by atoms with E-state index in [1.165, 1.54) is 7.11 Å². The first kappa shape index (κ1) is 24.8. The number of halogens is 2. The lowest BCUT2D eigenvalue weighted by atomic mass is 9.97. The number of benzene rings is 2.